The Morgan fingerprint density at radius 3 is 2.41 bits per heavy atom. The highest BCUT2D eigenvalue weighted by molar-refractivity contribution is 4.68. The van der Waals surface area contributed by atoms with Crippen LogP contribution in [-0.4, -0.2) is 57.5 Å². The van der Waals surface area contributed by atoms with Gasteiger partial charge in [-0.3, -0.25) is 4.90 Å². The lowest BCUT2D eigenvalue weighted by Crippen LogP contribution is -2.39. The normalized spacial score (nSPS) is 15.2. The van der Waals surface area contributed by atoms with Gasteiger partial charge in [-0.1, -0.05) is 6.92 Å². The molecule has 4 heteroatoms. The summed E-state index contributed by atoms with van der Waals surface area (Å²) < 4.78 is 10.3. The lowest BCUT2D eigenvalue weighted by Gasteiger charge is -2.28. The molecule has 0 aliphatic heterocycles. The summed E-state index contributed by atoms with van der Waals surface area (Å²) >= 11 is 0. The monoisotopic (exact) mass is 246 g/mol. The maximum Gasteiger partial charge on any atom is 0.0615 e. The molecule has 2 N–H and O–H groups in total. The highest BCUT2D eigenvalue weighted by Crippen LogP contribution is 2.05. The van der Waals surface area contributed by atoms with Gasteiger partial charge in [-0.25, -0.2) is 0 Å². The molecule has 0 aliphatic rings. The van der Waals surface area contributed by atoms with Gasteiger partial charge in [0.2, 0.25) is 0 Å². The Labute approximate surface area is 106 Å². The zero-order valence-corrected chi connectivity index (χ0v) is 11.9. The third-order valence-corrected chi connectivity index (χ3v) is 3.16. The smallest absolute Gasteiger partial charge is 0.0615 e. The van der Waals surface area contributed by atoms with E-state index in [1.54, 1.807) is 14.2 Å². The summed E-state index contributed by atoms with van der Waals surface area (Å²) in [6.45, 7) is 7.90. The highest BCUT2D eigenvalue weighted by Gasteiger charge is 2.13. The standard InChI is InChI=1S/C13H30N2O2/c1-5-13(14)7-6-8-15(9-10-16-3)12(2)11-17-4/h12-13H,5-11,14H2,1-4H3. The number of ether oxygens (including phenoxy) is 2. The Morgan fingerprint density at radius 1 is 1.18 bits per heavy atom. The summed E-state index contributed by atoms with van der Waals surface area (Å²) in [5.41, 5.74) is 5.93. The van der Waals surface area contributed by atoms with E-state index in [-0.39, 0.29) is 0 Å². The summed E-state index contributed by atoms with van der Waals surface area (Å²) in [6.07, 6.45) is 3.30. The Morgan fingerprint density at radius 2 is 1.88 bits per heavy atom. The Hall–Kier alpha value is -0.160. The number of hydrogen-bond acceptors (Lipinski definition) is 4. The molecule has 2 atom stereocenters. The van der Waals surface area contributed by atoms with E-state index in [2.05, 4.69) is 18.7 Å². The molecule has 0 spiro atoms. The van der Waals surface area contributed by atoms with Crippen LogP contribution in [0.2, 0.25) is 0 Å². The molecule has 0 amide bonds. The molecule has 0 fully saturated rings. The number of nitrogens with two attached hydrogens (primary N) is 1. The van der Waals surface area contributed by atoms with Crippen molar-refractivity contribution in [3.05, 3.63) is 0 Å². The Balaban J connectivity index is 3.91. The van der Waals surface area contributed by atoms with E-state index in [0.717, 1.165) is 45.6 Å². The van der Waals surface area contributed by atoms with Crippen molar-refractivity contribution in [2.45, 2.75) is 45.2 Å². The van der Waals surface area contributed by atoms with Crippen LogP contribution < -0.4 is 5.73 Å². The third-order valence-electron chi connectivity index (χ3n) is 3.16. The summed E-state index contributed by atoms with van der Waals surface area (Å²) in [4.78, 5) is 2.41. The molecule has 0 rings (SSSR count). The van der Waals surface area contributed by atoms with Crippen molar-refractivity contribution < 1.29 is 9.47 Å². The lowest BCUT2D eigenvalue weighted by atomic mass is 10.1. The van der Waals surface area contributed by atoms with E-state index in [4.69, 9.17) is 15.2 Å². The molecule has 0 bridgehead atoms. The molecule has 2 unspecified atom stereocenters. The molecule has 0 saturated heterocycles. The molecule has 0 aromatic rings. The van der Waals surface area contributed by atoms with E-state index >= 15 is 0 Å². The van der Waals surface area contributed by atoms with Crippen molar-refractivity contribution in [3.8, 4) is 0 Å². The van der Waals surface area contributed by atoms with Gasteiger partial charge in [0.05, 0.1) is 13.2 Å². The van der Waals surface area contributed by atoms with E-state index in [1.165, 1.54) is 0 Å². The van der Waals surface area contributed by atoms with Gasteiger partial charge in [0, 0.05) is 32.8 Å². The van der Waals surface area contributed by atoms with Crippen LogP contribution in [-0.2, 0) is 9.47 Å². The lowest BCUT2D eigenvalue weighted by molar-refractivity contribution is 0.0737. The van der Waals surface area contributed by atoms with Gasteiger partial charge in [-0.05, 0) is 32.7 Å². The van der Waals surface area contributed by atoms with Crippen molar-refractivity contribution in [2.24, 2.45) is 5.73 Å². The fourth-order valence-electron chi connectivity index (χ4n) is 1.87. The van der Waals surface area contributed by atoms with Crippen LogP contribution in [0.4, 0.5) is 0 Å². The van der Waals surface area contributed by atoms with E-state index in [0.29, 0.717) is 12.1 Å². The highest BCUT2D eigenvalue weighted by atomic mass is 16.5. The average molecular weight is 246 g/mol. The van der Waals surface area contributed by atoms with Crippen molar-refractivity contribution >= 4 is 0 Å². The van der Waals surface area contributed by atoms with Gasteiger partial charge < -0.3 is 15.2 Å². The second-order valence-corrected chi connectivity index (χ2v) is 4.64. The minimum absolute atomic E-state index is 0.344. The summed E-state index contributed by atoms with van der Waals surface area (Å²) in [5, 5.41) is 0. The molecule has 17 heavy (non-hydrogen) atoms. The first kappa shape index (κ1) is 16.8. The van der Waals surface area contributed by atoms with Crippen molar-refractivity contribution in [3.63, 3.8) is 0 Å². The molecular weight excluding hydrogens is 216 g/mol. The molecule has 0 aromatic carbocycles. The maximum atomic E-state index is 5.93. The molecule has 0 saturated carbocycles. The van der Waals surface area contributed by atoms with Gasteiger partial charge in [-0.15, -0.1) is 0 Å². The number of hydrogen-bond donors (Lipinski definition) is 1. The summed E-state index contributed by atoms with van der Waals surface area (Å²) in [7, 11) is 3.49. The zero-order chi connectivity index (χ0) is 13.1. The van der Waals surface area contributed by atoms with Crippen LogP contribution in [0.1, 0.15) is 33.1 Å². The predicted octanol–water partition coefficient (Wildman–Crippen LogP) is 1.49. The minimum Gasteiger partial charge on any atom is -0.383 e. The largest absolute Gasteiger partial charge is 0.383 e. The average Bonchev–Trinajstić information content (AvgIpc) is 2.33. The number of nitrogens with zero attached hydrogens (tertiary/aromatic N) is 1. The number of rotatable bonds is 11. The molecule has 0 radical (unpaired) electrons. The Bertz CT molecular complexity index is 167. The van der Waals surface area contributed by atoms with Gasteiger partial charge in [-0.2, -0.15) is 0 Å². The second-order valence-electron chi connectivity index (χ2n) is 4.64. The number of methoxy groups -OCH3 is 2. The fraction of sp³-hybridized carbons (Fsp3) is 1.00. The molecule has 0 aliphatic carbocycles. The van der Waals surface area contributed by atoms with Gasteiger partial charge >= 0.3 is 0 Å². The van der Waals surface area contributed by atoms with E-state index in [1.807, 2.05) is 0 Å². The zero-order valence-electron chi connectivity index (χ0n) is 11.9. The first-order valence-corrected chi connectivity index (χ1v) is 6.63. The molecule has 0 heterocycles. The van der Waals surface area contributed by atoms with Crippen molar-refractivity contribution in [1.29, 1.82) is 0 Å². The van der Waals surface area contributed by atoms with Crippen molar-refractivity contribution in [1.82, 2.24) is 4.90 Å². The molecule has 104 valence electrons. The van der Waals surface area contributed by atoms with Gasteiger partial charge in [0.15, 0.2) is 0 Å². The fourth-order valence-corrected chi connectivity index (χ4v) is 1.87. The van der Waals surface area contributed by atoms with Crippen LogP contribution in [0.3, 0.4) is 0 Å². The molecule has 4 nitrogen and oxygen atoms in total. The van der Waals surface area contributed by atoms with Crippen LogP contribution >= 0.6 is 0 Å². The quantitative estimate of drug-likeness (QED) is 0.600. The predicted molar refractivity (Wildman–Crippen MR) is 72.3 cm³/mol. The molecule has 0 aromatic heterocycles. The van der Waals surface area contributed by atoms with Crippen LogP contribution in [0.15, 0.2) is 0 Å². The third kappa shape index (κ3) is 8.55. The van der Waals surface area contributed by atoms with Gasteiger partial charge in [0.1, 0.15) is 0 Å². The van der Waals surface area contributed by atoms with E-state index < -0.39 is 0 Å². The van der Waals surface area contributed by atoms with Crippen LogP contribution in [0.25, 0.3) is 0 Å². The summed E-state index contributed by atoms with van der Waals surface area (Å²) in [5.74, 6) is 0. The second kappa shape index (κ2) is 11.0. The van der Waals surface area contributed by atoms with E-state index in [9.17, 15) is 0 Å². The van der Waals surface area contributed by atoms with Crippen LogP contribution in [0.5, 0.6) is 0 Å². The maximum absolute atomic E-state index is 5.93. The summed E-state index contributed by atoms with van der Waals surface area (Å²) in [6, 6.07) is 0.782. The van der Waals surface area contributed by atoms with Gasteiger partial charge in [0.25, 0.3) is 0 Å². The topological polar surface area (TPSA) is 47.7 Å². The Kier molecular flexibility index (Phi) is 10.9. The first-order chi connectivity index (χ1) is 8.15. The SMILES string of the molecule is CCC(N)CCCN(CCOC)C(C)COC. The molecular formula is C13H30N2O2. The van der Waals surface area contributed by atoms with Crippen LogP contribution in [0, 0.1) is 0 Å². The first-order valence-electron chi connectivity index (χ1n) is 6.63. The minimum atomic E-state index is 0.344. The van der Waals surface area contributed by atoms with Crippen molar-refractivity contribution in [2.75, 3.05) is 40.5 Å².